The summed E-state index contributed by atoms with van der Waals surface area (Å²) in [4.78, 5) is 2.06. The Labute approximate surface area is 114 Å². The zero-order valence-electron chi connectivity index (χ0n) is 12.1. The van der Waals surface area contributed by atoms with Gasteiger partial charge in [-0.05, 0) is 32.3 Å². The Morgan fingerprint density at radius 1 is 1.26 bits per heavy atom. The molecule has 1 fully saturated rings. The molecule has 1 aliphatic rings. The Hall–Kier alpha value is -1.20. The minimum absolute atomic E-state index is 0.121. The van der Waals surface area contributed by atoms with Crippen LogP contribution >= 0.6 is 0 Å². The lowest BCUT2D eigenvalue weighted by Gasteiger charge is -2.36. The first-order valence-corrected chi connectivity index (χ1v) is 7.00. The average molecular weight is 264 g/mol. The Morgan fingerprint density at radius 3 is 2.58 bits per heavy atom. The topological polar surface area (TPSA) is 75.3 Å². The summed E-state index contributed by atoms with van der Waals surface area (Å²) in [5.74, 6) is 0.816. The molecule has 2 atom stereocenters. The van der Waals surface area contributed by atoms with E-state index in [1.807, 2.05) is 20.9 Å². The highest BCUT2D eigenvalue weighted by molar-refractivity contribution is 5.51. The highest BCUT2D eigenvalue weighted by atomic mass is 16.3. The SMILES string of the molecule is Cc1nnc(N(C)C2CCCCC2O)c(CN)c1C. The van der Waals surface area contributed by atoms with Crippen molar-refractivity contribution in [2.75, 3.05) is 11.9 Å². The summed E-state index contributed by atoms with van der Waals surface area (Å²) in [6, 6.07) is 0.121. The Morgan fingerprint density at radius 2 is 1.95 bits per heavy atom. The number of aromatic nitrogens is 2. The largest absolute Gasteiger partial charge is 0.391 e. The van der Waals surface area contributed by atoms with Crippen molar-refractivity contribution in [3.63, 3.8) is 0 Å². The van der Waals surface area contributed by atoms with E-state index in [2.05, 4.69) is 15.1 Å². The molecule has 1 aromatic rings. The third-order valence-electron chi connectivity index (χ3n) is 4.29. The minimum Gasteiger partial charge on any atom is -0.391 e. The fourth-order valence-electron chi connectivity index (χ4n) is 2.87. The van der Waals surface area contributed by atoms with Crippen LogP contribution in [0, 0.1) is 13.8 Å². The van der Waals surface area contributed by atoms with Crippen molar-refractivity contribution < 1.29 is 5.11 Å². The number of rotatable bonds is 3. The average Bonchev–Trinajstić information content (AvgIpc) is 2.41. The maximum Gasteiger partial charge on any atom is 0.156 e. The number of nitrogens with two attached hydrogens (primary N) is 1. The second-order valence-electron chi connectivity index (χ2n) is 5.45. The van der Waals surface area contributed by atoms with Crippen molar-refractivity contribution in [3.8, 4) is 0 Å². The molecule has 1 aliphatic carbocycles. The maximum atomic E-state index is 10.2. The van der Waals surface area contributed by atoms with Crippen molar-refractivity contribution in [3.05, 3.63) is 16.8 Å². The van der Waals surface area contributed by atoms with E-state index in [0.29, 0.717) is 6.54 Å². The molecule has 0 spiro atoms. The first-order valence-electron chi connectivity index (χ1n) is 7.00. The van der Waals surface area contributed by atoms with Gasteiger partial charge in [0.25, 0.3) is 0 Å². The first-order chi connectivity index (χ1) is 9.06. The van der Waals surface area contributed by atoms with Gasteiger partial charge in [-0.25, -0.2) is 0 Å². The van der Waals surface area contributed by atoms with E-state index >= 15 is 0 Å². The molecule has 0 bridgehead atoms. The van der Waals surface area contributed by atoms with Crippen molar-refractivity contribution in [1.82, 2.24) is 10.2 Å². The molecule has 3 N–H and O–H groups in total. The third-order valence-corrected chi connectivity index (χ3v) is 4.29. The van der Waals surface area contributed by atoms with Gasteiger partial charge >= 0.3 is 0 Å². The zero-order valence-corrected chi connectivity index (χ0v) is 12.1. The van der Waals surface area contributed by atoms with Crippen LogP contribution in [0.2, 0.25) is 0 Å². The van der Waals surface area contributed by atoms with Gasteiger partial charge in [-0.1, -0.05) is 12.8 Å². The van der Waals surface area contributed by atoms with E-state index in [4.69, 9.17) is 5.73 Å². The summed E-state index contributed by atoms with van der Waals surface area (Å²) in [6.07, 6.45) is 3.84. The summed E-state index contributed by atoms with van der Waals surface area (Å²) in [6.45, 7) is 4.42. The number of likely N-dealkylation sites (N-methyl/N-ethyl adjacent to an activating group) is 1. The second kappa shape index (κ2) is 5.84. The van der Waals surface area contributed by atoms with Gasteiger partial charge in [0.05, 0.1) is 17.8 Å². The normalized spacial score (nSPS) is 23.4. The van der Waals surface area contributed by atoms with E-state index in [-0.39, 0.29) is 12.1 Å². The van der Waals surface area contributed by atoms with Gasteiger partial charge in [0.2, 0.25) is 0 Å². The van der Waals surface area contributed by atoms with Crippen molar-refractivity contribution in [1.29, 1.82) is 0 Å². The van der Waals surface area contributed by atoms with E-state index < -0.39 is 0 Å². The van der Waals surface area contributed by atoms with Crippen LogP contribution < -0.4 is 10.6 Å². The van der Waals surface area contributed by atoms with Gasteiger partial charge < -0.3 is 15.7 Å². The summed E-state index contributed by atoms with van der Waals surface area (Å²) < 4.78 is 0. The molecule has 19 heavy (non-hydrogen) atoms. The number of anilines is 1. The number of hydrogen-bond acceptors (Lipinski definition) is 5. The monoisotopic (exact) mass is 264 g/mol. The lowest BCUT2D eigenvalue weighted by Crippen LogP contribution is -2.44. The number of aliphatic hydroxyl groups is 1. The molecule has 0 aliphatic heterocycles. The molecule has 1 aromatic heterocycles. The quantitative estimate of drug-likeness (QED) is 0.860. The van der Waals surface area contributed by atoms with Crippen molar-refractivity contribution in [2.24, 2.45) is 5.73 Å². The highest BCUT2D eigenvalue weighted by Gasteiger charge is 2.29. The van der Waals surface area contributed by atoms with E-state index in [0.717, 1.165) is 48.3 Å². The Bertz CT molecular complexity index is 449. The molecule has 106 valence electrons. The first kappa shape index (κ1) is 14.2. The zero-order chi connectivity index (χ0) is 14.0. The van der Waals surface area contributed by atoms with Crippen molar-refractivity contribution >= 4 is 5.82 Å². The van der Waals surface area contributed by atoms with Crippen molar-refractivity contribution in [2.45, 2.75) is 58.2 Å². The number of aliphatic hydroxyl groups excluding tert-OH is 1. The summed E-state index contributed by atoms with van der Waals surface area (Å²) in [7, 11) is 1.98. The third kappa shape index (κ3) is 2.72. The molecule has 1 heterocycles. The fourth-order valence-corrected chi connectivity index (χ4v) is 2.87. The van der Waals surface area contributed by atoms with Crippen LogP contribution in [-0.2, 0) is 6.54 Å². The Balaban J connectivity index is 2.32. The molecule has 1 saturated carbocycles. The summed E-state index contributed by atoms with van der Waals surface area (Å²) >= 11 is 0. The van der Waals surface area contributed by atoms with Gasteiger partial charge in [0, 0.05) is 19.2 Å². The molecular weight excluding hydrogens is 240 g/mol. The predicted octanol–water partition coefficient (Wildman–Crippen LogP) is 1.29. The molecule has 2 rings (SSSR count). The van der Waals surface area contributed by atoms with E-state index in [1.165, 1.54) is 0 Å². The van der Waals surface area contributed by atoms with Crippen LogP contribution in [0.25, 0.3) is 0 Å². The van der Waals surface area contributed by atoms with Crippen LogP contribution in [0.4, 0.5) is 5.82 Å². The van der Waals surface area contributed by atoms with Crippen LogP contribution in [0.3, 0.4) is 0 Å². The van der Waals surface area contributed by atoms with Crippen LogP contribution in [0.5, 0.6) is 0 Å². The molecule has 2 unspecified atom stereocenters. The van der Waals surface area contributed by atoms with Crippen LogP contribution in [0.1, 0.15) is 42.5 Å². The predicted molar refractivity (Wildman–Crippen MR) is 76.1 cm³/mol. The molecule has 0 saturated heterocycles. The Kier molecular flexibility index (Phi) is 4.37. The lowest BCUT2D eigenvalue weighted by molar-refractivity contribution is 0.106. The lowest BCUT2D eigenvalue weighted by atomic mass is 9.91. The van der Waals surface area contributed by atoms with Crippen LogP contribution in [0.15, 0.2) is 0 Å². The van der Waals surface area contributed by atoms with Crippen LogP contribution in [-0.4, -0.2) is 34.5 Å². The van der Waals surface area contributed by atoms with E-state index in [9.17, 15) is 5.11 Å². The summed E-state index contributed by atoms with van der Waals surface area (Å²) in [5, 5.41) is 18.7. The van der Waals surface area contributed by atoms with Gasteiger partial charge in [-0.15, -0.1) is 5.10 Å². The molecule has 0 amide bonds. The number of aryl methyl sites for hydroxylation is 1. The highest BCUT2D eigenvalue weighted by Crippen LogP contribution is 2.28. The number of hydrogen-bond donors (Lipinski definition) is 2. The van der Waals surface area contributed by atoms with Gasteiger partial charge in [0.1, 0.15) is 0 Å². The maximum absolute atomic E-state index is 10.2. The smallest absolute Gasteiger partial charge is 0.156 e. The fraction of sp³-hybridized carbons (Fsp3) is 0.714. The standard InChI is InChI=1S/C14H24N4O/c1-9-10(2)16-17-14(11(9)8-15)18(3)12-6-4-5-7-13(12)19/h12-13,19H,4-8,15H2,1-3H3. The molecule has 0 aromatic carbocycles. The molecule has 0 radical (unpaired) electrons. The second-order valence-corrected chi connectivity index (χ2v) is 5.45. The van der Waals surface area contributed by atoms with Gasteiger partial charge in [0.15, 0.2) is 5.82 Å². The molecule has 5 nitrogen and oxygen atoms in total. The van der Waals surface area contributed by atoms with E-state index in [1.54, 1.807) is 0 Å². The minimum atomic E-state index is -0.284. The summed E-state index contributed by atoms with van der Waals surface area (Å²) in [5.41, 5.74) is 8.92. The molecular formula is C14H24N4O. The van der Waals surface area contributed by atoms with Gasteiger partial charge in [-0.3, -0.25) is 0 Å². The van der Waals surface area contributed by atoms with Gasteiger partial charge in [-0.2, -0.15) is 5.10 Å². The molecule has 5 heteroatoms. The number of nitrogens with zero attached hydrogens (tertiary/aromatic N) is 3.